The predicted octanol–water partition coefficient (Wildman–Crippen LogP) is 2.70. The van der Waals surface area contributed by atoms with Crippen molar-refractivity contribution >= 4 is 5.91 Å². The summed E-state index contributed by atoms with van der Waals surface area (Å²) in [6, 6.07) is 9.01. The second-order valence-electron chi connectivity index (χ2n) is 6.22. The van der Waals surface area contributed by atoms with E-state index >= 15 is 0 Å². The molecule has 1 amide bonds. The molecule has 0 unspecified atom stereocenters. The van der Waals surface area contributed by atoms with Crippen LogP contribution in [0.5, 0.6) is 5.75 Å². The third-order valence-corrected chi connectivity index (χ3v) is 4.23. The Morgan fingerprint density at radius 1 is 1.24 bits per heavy atom. The molecule has 132 valence electrons. The van der Waals surface area contributed by atoms with Crippen LogP contribution >= 0.6 is 0 Å². The third-order valence-electron chi connectivity index (χ3n) is 4.23. The number of benzene rings is 1. The molecule has 25 heavy (non-hydrogen) atoms. The van der Waals surface area contributed by atoms with Crippen molar-refractivity contribution in [2.24, 2.45) is 0 Å². The predicted molar refractivity (Wildman–Crippen MR) is 90.0 cm³/mol. The molecule has 1 saturated heterocycles. The van der Waals surface area contributed by atoms with Crippen molar-refractivity contribution in [2.45, 2.75) is 32.3 Å². The van der Waals surface area contributed by atoms with Gasteiger partial charge in [0.25, 0.3) is 0 Å². The fourth-order valence-electron chi connectivity index (χ4n) is 2.95. The van der Waals surface area contributed by atoms with Crippen LogP contribution in [0.2, 0.25) is 0 Å². The minimum Gasteiger partial charge on any atom is -0.490 e. The summed E-state index contributed by atoms with van der Waals surface area (Å²) in [5, 5.41) is 0. The van der Waals surface area contributed by atoms with Gasteiger partial charge in [-0.2, -0.15) is 0 Å². The maximum Gasteiger partial charge on any atom is 0.339 e. The highest BCUT2D eigenvalue weighted by molar-refractivity contribution is 5.78. The molecule has 0 N–H and O–H groups in total. The van der Waals surface area contributed by atoms with Gasteiger partial charge >= 0.3 is 5.63 Å². The van der Waals surface area contributed by atoms with Crippen LogP contribution < -0.4 is 10.4 Å². The van der Waals surface area contributed by atoms with Gasteiger partial charge in [0.1, 0.15) is 23.4 Å². The van der Waals surface area contributed by atoms with Gasteiger partial charge in [0.2, 0.25) is 5.91 Å². The SMILES string of the molecule is Cc1cc(OC2CCN(C(=O)Cc3ccc(F)cc3)CC2)cc(=O)o1. The number of aryl methyl sites for hydroxylation is 1. The van der Waals surface area contributed by atoms with Gasteiger partial charge in [0, 0.05) is 32.0 Å². The Labute approximate surface area is 145 Å². The van der Waals surface area contributed by atoms with Crippen LogP contribution in [0, 0.1) is 12.7 Å². The van der Waals surface area contributed by atoms with Gasteiger partial charge < -0.3 is 14.1 Å². The van der Waals surface area contributed by atoms with Crippen molar-refractivity contribution in [3.63, 3.8) is 0 Å². The van der Waals surface area contributed by atoms with Crippen molar-refractivity contribution in [1.29, 1.82) is 0 Å². The summed E-state index contributed by atoms with van der Waals surface area (Å²) in [6.45, 7) is 2.90. The molecule has 3 rings (SSSR count). The number of carbonyl (C=O) groups is 1. The van der Waals surface area contributed by atoms with Crippen molar-refractivity contribution in [2.75, 3.05) is 13.1 Å². The Hall–Kier alpha value is -2.63. The van der Waals surface area contributed by atoms with E-state index in [4.69, 9.17) is 9.15 Å². The van der Waals surface area contributed by atoms with Crippen molar-refractivity contribution in [3.05, 3.63) is 64.0 Å². The van der Waals surface area contributed by atoms with E-state index in [-0.39, 0.29) is 24.2 Å². The van der Waals surface area contributed by atoms with Gasteiger partial charge in [-0.05, 0) is 24.6 Å². The molecule has 0 radical (unpaired) electrons. The molecule has 1 aromatic carbocycles. The largest absolute Gasteiger partial charge is 0.490 e. The molecule has 2 heterocycles. The van der Waals surface area contributed by atoms with E-state index in [1.807, 2.05) is 0 Å². The van der Waals surface area contributed by atoms with Gasteiger partial charge in [-0.15, -0.1) is 0 Å². The Balaban J connectivity index is 1.51. The number of nitrogens with zero attached hydrogens (tertiary/aromatic N) is 1. The number of likely N-dealkylation sites (tertiary alicyclic amines) is 1. The summed E-state index contributed by atoms with van der Waals surface area (Å²) in [5.41, 5.74) is 0.373. The summed E-state index contributed by atoms with van der Waals surface area (Å²) in [6.07, 6.45) is 1.64. The molecule has 1 aliphatic heterocycles. The first-order valence-electron chi connectivity index (χ1n) is 8.30. The second kappa shape index (κ2) is 7.51. The monoisotopic (exact) mass is 345 g/mol. The van der Waals surface area contributed by atoms with E-state index in [1.165, 1.54) is 18.2 Å². The second-order valence-corrected chi connectivity index (χ2v) is 6.22. The molecule has 6 heteroatoms. The lowest BCUT2D eigenvalue weighted by Gasteiger charge is -2.32. The highest BCUT2D eigenvalue weighted by Gasteiger charge is 2.24. The van der Waals surface area contributed by atoms with E-state index in [0.717, 1.165) is 5.56 Å². The highest BCUT2D eigenvalue weighted by Crippen LogP contribution is 2.19. The van der Waals surface area contributed by atoms with Crippen LogP contribution in [0.4, 0.5) is 4.39 Å². The van der Waals surface area contributed by atoms with Crippen LogP contribution in [0.3, 0.4) is 0 Å². The molecular formula is C19H20FNO4. The summed E-state index contributed by atoms with van der Waals surface area (Å²) < 4.78 is 23.7. The normalized spacial score (nSPS) is 15.2. The number of piperidine rings is 1. The lowest BCUT2D eigenvalue weighted by molar-refractivity contribution is -0.132. The highest BCUT2D eigenvalue weighted by atomic mass is 19.1. The average molecular weight is 345 g/mol. The number of amides is 1. The minimum absolute atomic E-state index is 0.0289. The van der Waals surface area contributed by atoms with E-state index in [0.29, 0.717) is 37.4 Å². The Bertz CT molecular complexity index is 792. The van der Waals surface area contributed by atoms with Gasteiger partial charge in [-0.25, -0.2) is 9.18 Å². The van der Waals surface area contributed by atoms with Gasteiger partial charge in [-0.3, -0.25) is 4.79 Å². The van der Waals surface area contributed by atoms with Gasteiger partial charge in [0.05, 0.1) is 12.5 Å². The van der Waals surface area contributed by atoms with Gasteiger partial charge in [0.15, 0.2) is 0 Å². The molecule has 1 fully saturated rings. The van der Waals surface area contributed by atoms with Gasteiger partial charge in [-0.1, -0.05) is 12.1 Å². The fraction of sp³-hybridized carbons (Fsp3) is 0.368. The number of hydrogen-bond donors (Lipinski definition) is 0. The molecule has 5 nitrogen and oxygen atoms in total. The number of ether oxygens (including phenoxy) is 1. The number of carbonyl (C=O) groups excluding carboxylic acids is 1. The molecule has 0 spiro atoms. The molecule has 0 aliphatic carbocycles. The van der Waals surface area contributed by atoms with E-state index in [9.17, 15) is 14.0 Å². The summed E-state index contributed by atoms with van der Waals surface area (Å²) in [4.78, 5) is 25.5. The molecule has 0 bridgehead atoms. The summed E-state index contributed by atoms with van der Waals surface area (Å²) in [7, 11) is 0. The van der Waals surface area contributed by atoms with E-state index < -0.39 is 5.63 Å². The van der Waals surface area contributed by atoms with Crippen molar-refractivity contribution in [1.82, 2.24) is 4.90 Å². The maximum atomic E-state index is 12.9. The molecule has 2 aromatic rings. The van der Waals surface area contributed by atoms with Crippen LogP contribution in [0.25, 0.3) is 0 Å². The van der Waals surface area contributed by atoms with E-state index in [2.05, 4.69) is 0 Å². The Kier molecular flexibility index (Phi) is 5.16. The standard InChI is InChI=1S/C19H20FNO4/c1-13-10-17(12-19(23)24-13)25-16-6-8-21(9-7-16)18(22)11-14-2-4-15(20)5-3-14/h2-5,10,12,16H,6-9,11H2,1H3. The topological polar surface area (TPSA) is 59.8 Å². The summed E-state index contributed by atoms with van der Waals surface area (Å²) >= 11 is 0. The zero-order valence-electron chi connectivity index (χ0n) is 14.0. The number of hydrogen-bond acceptors (Lipinski definition) is 4. The molecule has 0 saturated carbocycles. The van der Waals surface area contributed by atoms with Crippen LogP contribution in [0.15, 0.2) is 45.6 Å². The van der Waals surface area contributed by atoms with Crippen molar-refractivity contribution < 1.29 is 18.3 Å². The minimum atomic E-state index is -0.429. The molecule has 1 aliphatic rings. The van der Waals surface area contributed by atoms with E-state index in [1.54, 1.807) is 30.0 Å². The smallest absolute Gasteiger partial charge is 0.339 e. The maximum absolute atomic E-state index is 12.9. The lowest BCUT2D eigenvalue weighted by Crippen LogP contribution is -2.42. The Morgan fingerprint density at radius 2 is 1.92 bits per heavy atom. The average Bonchev–Trinajstić information content (AvgIpc) is 2.56. The number of halogens is 1. The Morgan fingerprint density at radius 3 is 2.56 bits per heavy atom. The van der Waals surface area contributed by atoms with Crippen LogP contribution in [0.1, 0.15) is 24.2 Å². The molecule has 1 aromatic heterocycles. The number of rotatable bonds is 4. The third kappa shape index (κ3) is 4.68. The quantitative estimate of drug-likeness (QED) is 0.855. The first kappa shape index (κ1) is 17.2. The summed E-state index contributed by atoms with van der Waals surface area (Å²) in [5.74, 6) is 0.736. The zero-order chi connectivity index (χ0) is 17.8. The first-order valence-corrected chi connectivity index (χ1v) is 8.30. The molecular weight excluding hydrogens is 325 g/mol. The fourth-order valence-corrected chi connectivity index (χ4v) is 2.95. The van der Waals surface area contributed by atoms with Crippen LogP contribution in [-0.2, 0) is 11.2 Å². The van der Waals surface area contributed by atoms with Crippen LogP contribution in [-0.4, -0.2) is 30.0 Å². The van der Waals surface area contributed by atoms with Crippen molar-refractivity contribution in [3.8, 4) is 5.75 Å². The zero-order valence-corrected chi connectivity index (χ0v) is 14.0. The first-order chi connectivity index (χ1) is 12.0. The lowest BCUT2D eigenvalue weighted by atomic mass is 10.1. The molecule has 0 atom stereocenters.